The Labute approximate surface area is 129 Å². The van der Waals surface area contributed by atoms with Crippen LogP contribution in [0.1, 0.15) is 56.1 Å². The molecule has 114 valence electrons. The van der Waals surface area contributed by atoms with Gasteiger partial charge in [0.25, 0.3) is 0 Å². The number of hydrogen-bond donors (Lipinski definition) is 0. The first-order valence-corrected chi connectivity index (χ1v) is 8.27. The lowest BCUT2D eigenvalue weighted by Crippen LogP contribution is -2.11. The number of ether oxygens (including phenoxy) is 1. The average Bonchev–Trinajstić information content (AvgIpc) is 2.55. The molecule has 0 bridgehead atoms. The van der Waals surface area contributed by atoms with Gasteiger partial charge in [-0.1, -0.05) is 49.4 Å². The normalized spacial score (nSPS) is 22.5. The van der Waals surface area contributed by atoms with Crippen LogP contribution in [0, 0.1) is 5.92 Å². The van der Waals surface area contributed by atoms with Gasteiger partial charge in [0.15, 0.2) is 0 Å². The summed E-state index contributed by atoms with van der Waals surface area (Å²) in [5.41, 5.74) is 2.76. The molecule has 21 heavy (non-hydrogen) atoms. The molecule has 0 unspecified atom stereocenters. The van der Waals surface area contributed by atoms with Gasteiger partial charge in [-0.25, -0.2) is 0 Å². The Morgan fingerprint density at radius 2 is 1.81 bits per heavy atom. The standard InChI is InChI=1S/C20H28O/c1-3-5-6-15-21-16-18-9-13-20(14-10-18)19-11-7-17(4-2)8-12-19/h4-6,9-10,13-14,17,19H,2-3,7-8,11-12,15-16H2,1H3. The number of allylic oxidation sites excluding steroid dienone is 2. The van der Waals surface area contributed by atoms with Crippen molar-refractivity contribution in [3.8, 4) is 0 Å². The summed E-state index contributed by atoms with van der Waals surface area (Å²) >= 11 is 0. The maximum atomic E-state index is 5.64. The lowest BCUT2D eigenvalue weighted by atomic mass is 9.79. The lowest BCUT2D eigenvalue weighted by Gasteiger charge is -2.27. The van der Waals surface area contributed by atoms with Crippen LogP contribution in [0.4, 0.5) is 0 Å². The molecule has 0 spiro atoms. The highest BCUT2D eigenvalue weighted by atomic mass is 16.5. The fourth-order valence-electron chi connectivity index (χ4n) is 3.05. The highest BCUT2D eigenvalue weighted by molar-refractivity contribution is 5.25. The predicted molar refractivity (Wildman–Crippen MR) is 90.4 cm³/mol. The third-order valence-corrected chi connectivity index (χ3v) is 4.44. The molecule has 2 rings (SSSR count). The number of benzene rings is 1. The van der Waals surface area contributed by atoms with Crippen molar-refractivity contribution in [2.75, 3.05) is 6.61 Å². The first-order valence-electron chi connectivity index (χ1n) is 8.27. The molecule has 0 aromatic heterocycles. The summed E-state index contributed by atoms with van der Waals surface area (Å²) in [6, 6.07) is 9.02. The van der Waals surface area contributed by atoms with E-state index in [0.717, 1.165) is 18.3 Å². The molecule has 0 aliphatic heterocycles. The fraction of sp³-hybridized carbons (Fsp3) is 0.500. The van der Waals surface area contributed by atoms with Crippen LogP contribution in [0.3, 0.4) is 0 Å². The molecule has 1 aromatic rings. The molecule has 1 aliphatic carbocycles. The van der Waals surface area contributed by atoms with E-state index in [9.17, 15) is 0 Å². The molecule has 1 aliphatic rings. The van der Waals surface area contributed by atoms with E-state index < -0.39 is 0 Å². The van der Waals surface area contributed by atoms with Crippen LogP contribution >= 0.6 is 0 Å². The van der Waals surface area contributed by atoms with Crippen molar-refractivity contribution >= 4 is 0 Å². The molecular weight excluding hydrogens is 256 g/mol. The van der Waals surface area contributed by atoms with Crippen LogP contribution in [0.2, 0.25) is 0 Å². The van der Waals surface area contributed by atoms with Gasteiger partial charge in [-0.15, -0.1) is 6.58 Å². The second-order valence-corrected chi connectivity index (χ2v) is 5.98. The van der Waals surface area contributed by atoms with Crippen molar-refractivity contribution in [3.63, 3.8) is 0 Å². The molecule has 1 saturated carbocycles. The smallest absolute Gasteiger partial charge is 0.0721 e. The Kier molecular flexibility index (Phi) is 6.75. The van der Waals surface area contributed by atoms with E-state index in [4.69, 9.17) is 4.74 Å². The van der Waals surface area contributed by atoms with Crippen LogP contribution in [0.15, 0.2) is 49.1 Å². The third-order valence-electron chi connectivity index (χ3n) is 4.44. The largest absolute Gasteiger partial charge is 0.373 e. The maximum Gasteiger partial charge on any atom is 0.0721 e. The van der Waals surface area contributed by atoms with Gasteiger partial charge in [0.1, 0.15) is 0 Å². The molecule has 0 radical (unpaired) electrons. The van der Waals surface area contributed by atoms with Crippen LogP contribution in [-0.2, 0) is 11.3 Å². The highest BCUT2D eigenvalue weighted by Gasteiger charge is 2.20. The van der Waals surface area contributed by atoms with Crippen molar-refractivity contribution in [2.24, 2.45) is 5.92 Å². The van der Waals surface area contributed by atoms with Gasteiger partial charge in [-0.3, -0.25) is 0 Å². The molecule has 0 heterocycles. The maximum absolute atomic E-state index is 5.64. The lowest BCUT2D eigenvalue weighted by molar-refractivity contribution is 0.148. The van der Waals surface area contributed by atoms with Gasteiger partial charge in [-0.05, 0) is 55.1 Å². The molecule has 1 heteroatoms. The van der Waals surface area contributed by atoms with Gasteiger partial charge >= 0.3 is 0 Å². The SMILES string of the molecule is C=CC1CCC(c2ccc(COCC=CCC)cc2)CC1. The van der Waals surface area contributed by atoms with Gasteiger partial charge in [0, 0.05) is 0 Å². The Balaban J connectivity index is 1.79. The summed E-state index contributed by atoms with van der Waals surface area (Å²) in [5.74, 6) is 1.48. The van der Waals surface area contributed by atoms with Crippen LogP contribution < -0.4 is 0 Å². The fourth-order valence-corrected chi connectivity index (χ4v) is 3.05. The minimum atomic E-state index is 0.706. The third kappa shape index (κ3) is 5.17. The summed E-state index contributed by atoms with van der Waals surface area (Å²) < 4.78 is 5.64. The Hall–Kier alpha value is -1.34. The first kappa shape index (κ1) is 16.0. The number of rotatable bonds is 7. The second-order valence-electron chi connectivity index (χ2n) is 5.98. The van der Waals surface area contributed by atoms with Crippen molar-refractivity contribution in [1.82, 2.24) is 0 Å². The van der Waals surface area contributed by atoms with E-state index in [1.54, 1.807) is 0 Å². The molecule has 0 atom stereocenters. The van der Waals surface area contributed by atoms with Gasteiger partial charge in [0.05, 0.1) is 13.2 Å². The van der Waals surface area contributed by atoms with Gasteiger partial charge < -0.3 is 4.74 Å². The Bertz CT molecular complexity index is 435. The van der Waals surface area contributed by atoms with E-state index in [1.165, 1.54) is 36.8 Å². The van der Waals surface area contributed by atoms with E-state index >= 15 is 0 Å². The molecule has 0 amide bonds. The van der Waals surface area contributed by atoms with Crippen LogP contribution in [0.5, 0.6) is 0 Å². The van der Waals surface area contributed by atoms with Crippen LogP contribution in [-0.4, -0.2) is 6.61 Å². The predicted octanol–water partition coefficient (Wildman–Crippen LogP) is 5.63. The van der Waals surface area contributed by atoms with E-state index in [0.29, 0.717) is 13.2 Å². The topological polar surface area (TPSA) is 9.23 Å². The summed E-state index contributed by atoms with van der Waals surface area (Å²) in [4.78, 5) is 0. The zero-order valence-corrected chi connectivity index (χ0v) is 13.3. The highest BCUT2D eigenvalue weighted by Crippen LogP contribution is 2.36. The first-order chi connectivity index (χ1) is 10.3. The monoisotopic (exact) mass is 284 g/mol. The average molecular weight is 284 g/mol. The molecule has 1 nitrogen and oxygen atoms in total. The van der Waals surface area contributed by atoms with Gasteiger partial charge in [0.2, 0.25) is 0 Å². The van der Waals surface area contributed by atoms with Crippen LogP contribution in [0.25, 0.3) is 0 Å². The Morgan fingerprint density at radius 1 is 1.10 bits per heavy atom. The van der Waals surface area contributed by atoms with Gasteiger partial charge in [-0.2, -0.15) is 0 Å². The van der Waals surface area contributed by atoms with E-state index in [2.05, 4.69) is 56.0 Å². The molecule has 1 fully saturated rings. The summed E-state index contributed by atoms with van der Waals surface area (Å²) in [6.45, 7) is 7.47. The molecule has 0 N–H and O–H groups in total. The second kappa shape index (κ2) is 8.84. The summed E-state index contributed by atoms with van der Waals surface area (Å²) in [6.07, 6.45) is 12.6. The minimum absolute atomic E-state index is 0.706. The van der Waals surface area contributed by atoms with Crippen molar-refractivity contribution < 1.29 is 4.74 Å². The van der Waals surface area contributed by atoms with Crippen molar-refractivity contribution in [2.45, 2.75) is 51.6 Å². The molecule has 0 saturated heterocycles. The van der Waals surface area contributed by atoms with E-state index in [-0.39, 0.29) is 0 Å². The zero-order valence-electron chi connectivity index (χ0n) is 13.3. The van der Waals surface area contributed by atoms with E-state index in [1.807, 2.05) is 0 Å². The Morgan fingerprint density at radius 3 is 2.43 bits per heavy atom. The zero-order chi connectivity index (χ0) is 14.9. The summed E-state index contributed by atoms with van der Waals surface area (Å²) in [7, 11) is 0. The van der Waals surface area contributed by atoms with Crippen molar-refractivity contribution in [3.05, 3.63) is 60.2 Å². The van der Waals surface area contributed by atoms with Crippen molar-refractivity contribution in [1.29, 1.82) is 0 Å². The quantitative estimate of drug-likeness (QED) is 0.466. The number of hydrogen-bond acceptors (Lipinski definition) is 1. The summed E-state index contributed by atoms with van der Waals surface area (Å²) in [5, 5.41) is 0. The molecule has 1 aromatic carbocycles. The molecular formula is C20H28O. The minimum Gasteiger partial charge on any atom is -0.373 e.